The average Bonchev–Trinajstić information content (AvgIpc) is 2.29. The van der Waals surface area contributed by atoms with E-state index in [-0.39, 0.29) is 0 Å². The van der Waals surface area contributed by atoms with E-state index in [4.69, 9.17) is 0 Å². The van der Waals surface area contributed by atoms with Gasteiger partial charge in [-0.25, -0.2) is 16.8 Å². The van der Waals surface area contributed by atoms with Gasteiger partial charge in [0.1, 0.15) is 9.84 Å². The molecule has 108 valence electrons. The first-order valence-electron chi connectivity index (χ1n) is 5.64. The summed E-state index contributed by atoms with van der Waals surface area (Å²) in [5, 5.41) is 2.94. The third kappa shape index (κ3) is 6.04. The fraction of sp³-hybridized carbons (Fsp3) is 0.455. The van der Waals surface area contributed by atoms with Crippen LogP contribution in [0.3, 0.4) is 0 Å². The molecule has 0 radical (unpaired) electrons. The van der Waals surface area contributed by atoms with Gasteiger partial charge in [0.25, 0.3) is 0 Å². The molecule has 19 heavy (non-hydrogen) atoms. The highest BCUT2D eigenvalue weighted by molar-refractivity contribution is 7.95. The molecule has 0 unspecified atom stereocenters. The molecule has 8 heteroatoms. The SMILES string of the molecule is CNCc1ccccc1NS(=O)(=O)CCS(C)(=O)=O. The topological polar surface area (TPSA) is 92.3 Å². The summed E-state index contributed by atoms with van der Waals surface area (Å²) in [5.41, 5.74) is 1.26. The smallest absolute Gasteiger partial charge is 0.233 e. The molecule has 0 aromatic heterocycles. The van der Waals surface area contributed by atoms with E-state index in [9.17, 15) is 16.8 Å². The third-order valence-electron chi connectivity index (χ3n) is 2.37. The summed E-state index contributed by atoms with van der Waals surface area (Å²) in [6, 6.07) is 6.96. The second-order valence-electron chi connectivity index (χ2n) is 4.24. The van der Waals surface area contributed by atoms with Crippen LogP contribution in [-0.4, -0.2) is 41.6 Å². The van der Waals surface area contributed by atoms with Crippen molar-refractivity contribution in [3.63, 3.8) is 0 Å². The Morgan fingerprint density at radius 2 is 1.68 bits per heavy atom. The van der Waals surface area contributed by atoms with E-state index in [0.29, 0.717) is 12.2 Å². The van der Waals surface area contributed by atoms with Crippen LogP contribution in [0.4, 0.5) is 5.69 Å². The lowest BCUT2D eigenvalue weighted by Gasteiger charge is -2.12. The molecule has 1 aromatic rings. The molecule has 0 bridgehead atoms. The lowest BCUT2D eigenvalue weighted by molar-refractivity contribution is 0.593. The average molecular weight is 306 g/mol. The van der Waals surface area contributed by atoms with Gasteiger partial charge in [-0.1, -0.05) is 18.2 Å². The Kier molecular flexibility index (Phi) is 5.33. The van der Waals surface area contributed by atoms with Crippen molar-refractivity contribution in [2.45, 2.75) is 6.54 Å². The molecule has 0 aliphatic rings. The number of benzene rings is 1. The lowest BCUT2D eigenvalue weighted by atomic mass is 10.2. The normalized spacial score (nSPS) is 12.3. The standard InChI is InChI=1S/C11H18N2O4S2/c1-12-9-10-5-3-4-6-11(10)13-19(16,17)8-7-18(2,14)15/h3-6,12-13H,7-9H2,1-2H3. The molecule has 0 fully saturated rings. The summed E-state index contributed by atoms with van der Waals surface area (Å²) in [6.07, 6.45) is 1.01. The van der Waals surface area contributed by atoms with Gasteiger partial charge >= 0.3 is 0 Å². The Labute approximate surface area is 114 Å². The van der Waals surface area contributed by atoms with Gasteiger partial charge in [-0.15, -0.1) is 0 Å². The number of sulfonamides is 1. The van der Waals surface area contributed by atoms with Crippen LogP contribution in [0, 0.1) is 0 Å². The molecule has 2 N–H and O–H groups in total. The monoisotopic (exact) mass is 306 g/mol. The first-order chi connectivity index (χ1) is 8.73. The minimum Gasteiger partial charge on any atom is -0.316 e. The van der Waals surface area contributed by atoms with Crippen LogP contribution in [0.1, 0.15) is 5.56 Å². The number of nitrogens with one attached hydrogen (secondary N) is 2. The van der Waals surface area contributed by atoms with Gasteiger partial charge in [0.15, 0.2) is 0 Å². The molecule has 0 aliphatic heterocycles. The minimum atomic E-state index is -3.67. The van der Waals surface area contributed by atoms with Crippen molar-refractivity contribution in [1.82, 2.24) is 5.32 Å². The van der Waals surface area contributed by atoms with E-state index in [1.165, 1.54) is 0 Å². The summed E-state index contributed by atoms with van der Waals surface area (Å²) in [6.45, 7) is 0.519. The molecular weight excluding hydrogens is 288 g/mol. The summed E-state index contributed by atoms with van der Waals surface area (Å²) >= 11 is 0. The van der Waals surface area contributed by atoms with Crippen molar-refractivity contribution in [3.8, 4) is 0 Å². The summed E-state index contributed by atoms with van der Waals surface area (Å²) in [5.74, 6) is -0.837. The maximum Gasteiger partial charge on any atom is 0.233 e. The molecule has 0 spiro atoms. The van der Waals surface area contributed by atoms with Crippen LogP contribution in [0.15, 0.2) is 24.3 Å². The quantitative estimate of drug-likeness (QED) is 0.750. The van der Waals surface area contributed by atoms with Crippen LogP contribution in [0.5, 0.6) is 0 Å². The molecule has 1 aromatic carbocycles. The number of hydrogen-bond donors (Lipinski definition) is 2. The van der Waals surface area contributed by atoms with E-state index in [1.807, 2.05) is 0 Å². The highest BCUT2D eigenvalue weighted by atomic mass is 32.2. The molecule has 0 saturated heterocycles. The predicted octanol–water partition coefficient (Wildman–Crippen LogP) is 0.192. The Balaban J connectivity index is 2.84. The zero-order chi connectivity index (χ0) is 14.5. The van der Waals surface area contributed by atoms with E-state index in [1.54, 1.807) is 31.3 Å². The van der Waals surface area contributed by atoms with Crippen LogP contribution < -0.4 is 10.0 Å². The number of rotatable bonds is 7. The fourth-order valence-corrected chi connectivity index (χ4v) is 4.17. The summed E-state index contributed by atoms with van der Waals surface area (Å²) < 4.78 is 48.0. The Hall–Kier alpha value is -1.12. The highest BCUT2D eigenvalue weighted by Crippen LogP contribution is 2.16. The van der Waals surface area contributed by atoms with Crippen molar-refractivity contribution in [2.75, 3.05) is 29.5 Å². The zero-order valence-electron chi connectivity index (χ0n) is 10.9. The highest BCUT2D eigenvalue weighted by Gasteiger charge is 2.15. The van der Waals surface area contributed by atoms with Crippen LogP contribution in [0.25, 0.3) is 0 Å². The molecule has 1 rings (SSSR count). The summed E-state index contributed by atoms with van der Waals surface area (Å²) in [7, 11) is -5.21. The largest absolute Gasteiger partial charge is 0.316 e. The molecule has 0 heterocycles. The second kappa shape index (κ2) is 6.36. The Bertz CT molecular complexity index is 624. The maximum atomic E-state index is 11.8. The van der Waals surface area contributed by atoms with Crippen molar-refractivity contribution in [2.24, 2.45) is 0 Å². The van der Waals surface area contributed by atoms with Gasteiger partial charge < -0.3 is 5.32 Å². The molecule has 6 nitrogen and oxygen atoms in total. The maximum absolute atomic E-state index is 11.8. The Morgan fingerprint density at radius 3 is 2.26 bits per heavy atom. The first-order valence-corrected chi connectivity index (χ1v) is 9.35. The summed E-state index contributed by atoms with van der Waals surface area (Å²) in [4.78, 5) is 0. The Morgan fingerprint density at radius 1 is 1.05 bits per heavy atom. The van der Waals surface area contributed by atoms with Gasteiger partial charge in [0, 0.05) is 12.8 Å². The number of para-hydroxylation sites is 1. The second-order valence-corrected chi connectivity index (χ2v) is 8.34. The van der Waals surface area contributed by atoms with Gasteiger partial charge in [0.2, 0.25) is 10.0 Å². The van der Waals surface area contributed by atoms with Crippen molar-refractivity contribution < 1.29 is 16.8 Å². The predicted molar refractivity (Wildman–Crippen MR) is 76.3 cm³/mol. The fourth-order valence-electron chi connectivity index (χ4n) is 1.44. The zero-order valence-corrected chi connectivity index (χ0v) is 12.5. The molecule has 0 saturated carbocycles. The van der Waals surface area contributed by atoms with Gasteiger partial charge in [0.05, 0.1) is 17.2 Å². The minimum absolute atomic E-state index is 0.392. The molecular formula is C11H18N2O4S2. The van der Waals surface area contributed by atoms with Crippen LogP contribution in [-0.2, 0) is 26.4 Å². The van der Waals surface area contributed by atoms with Crippen molar-refractivity contribution in [1.29, 1.82) is 0 Å². The van der Waals surface area contributed by atoms with Gasteiger partial charge in [-0.3, -0.25) is 4.72 Å². The van der Waals surface area contributed by atoms with Crippen LogP contribution >= 0.6 is 0 Å². The van der Waals surface area contributed by atoms with E-state index >= 15 is 0 Å². The van der Waals surface area contributed by atoms with E-state index < -0.39 is 31.4 Å². The lowest BCUT2D eigenvalue weighted by Crippen LogP contribution is -2.23. The number of hydrogen-bond acceptors (Lipinski definition) is 5. The van der Waals surface area contributed by atoms with Gasteiger partial charge in [-0.2, -0.15) is 0 Å². The van der Waals surface area contributed by atoms with E-state index in [0.717, 1.165) is 11.8 Å². The van der Waals surface area contributed by atoms with E-state index in [2.05, 4.69) is 10.0 Å². The number of sulfone groups is 1. The van der Waals surface area contributed by atoms with Crippen LogP contribution in [0.2, 0.25) is 0 Å². The van der Waals surface area contributed by atoms with Gasteiger partial charge in [-0.05, 0) is 18.7 Å². The van der Waals surface area contributed by atoms with Crippen molar-refractivity contribution >= 4 is 25.5 Å². The molecule has 0 aliphatic carbocycles. The third-order valence-corrected chi connectivity index (χ3v) is 4.85. The first kappa shape index (κ1) is 15.9. The number of anilines is 1. The molecule has 0 amide bonds. The van der Waals surface area contributed by atoms with Crippen molar-refractivity contribution in [3.05, 3.63) is 29.8 Å². The molecule has 0 atom stereocenters.